The highest BCUT2D eigenvalue weighted by Crippen LogP contribution is 2.30. The fourth-order valence-electron chi connectivity index (χ4n) is 4.05. The molecule has 0 N–H and O–H groups in total. The Bertz CT molecular complexity index is 1270. The molecule has 2 heterocycles. The van der Waals surface area contributed by atoms with Gasteiger partial charge in [-0.2, -0.15) is 0 Å². The van der Waals surface area contributed by atoms with Gasteiger partial charge in [0.15, 0.2) is 11.0 Å². The molecule has 0 fully saturated rings. The van der Waals surface area contributed by atoms with Crippen LogP contribution in [0.15, 0.2) is 84.0 Å². The maximum absolute atomic E-state index is 13.0. The molecule has 0 atom stereocenters. The summed E-state index contributed by atoms with van der Waals surface area (Å²) < 4.78 is 7.39. The van der Waals surface area contributed by atoms with Crippen LogP contribution >= 0.6 is 11.8 Å². The van der Waals surface area contributed by atoms with Crippen molar-refractivity contribution in [1.82, 2.24) is 19.7 Å². The van der Waals surface area contributed by atoms with E-state index >= 15 is 0 Å². The molecule has 166 valence electrons. The van der Waals surface area contributed by atoms with Gasteiger partial charge in [-0.1, -0.05) is 66.4 Å². The summed E-state index contributed by atoms with van der Waals surface area (Å²) in [5, 5.41) is 9.60. The molecule has 0 saturated carbocycles. The van der Waals surface area contributed by atoms with E-state index in [1.165, 1.54) is 22.9 Å². The molecule has 1 amide bonds. The highest BCUT2D eigenvalue weighted by molar-refractivity contribution is 7.99. The predicted octanol–water partition coefficient (Wildman–Crippen LogP) is 4.62. The smallest absolute Gasteiger partial charge is 0.233 e. The Hall–Kier alpha value is -3.58. The van der Waals surface area contributed by atoms with E-state index in [0.29, 0.717) is 23.3 Å². The number of rotatable bonds is 6. The SMILES string of the molecule is COc1cccc(-c2nnc(SCC(=O)N3CCc4ccccc4C3)n2-c2ccccc2)c1. The number of carbonyl (C=O) groups excluding carboxylic acids is 1. The Morgan fingerprint density at radius 3 is 2.58 bits per heavy atom. The van der Waals surface area contributed by atoms with Crippen molar-refractivity contribution in [2.24, 2.45) is 0 Å². The molecule has 4 aromatic rings. The zero-order valence-corrected chi connectivity index (χ0v) is 19.2. The number of thioether (sulfide) groups is 1. The lowest BCUT2D eigenvalue weighted by Gasteiger charge is -2.28. The van der Waals surface area contributed by atoms with Crippen LogP contribution in [0.3, 0.4) is 0 Å². The number of methoxy groups -OCH3 is 1. The highest BCUT2D eigenvalue weighted by atomic mass is 32.2. The zero-order valence-electron chi connectivity index (χ0n) is 18.3. The molecule has 0 bridgehead atoms. The lowest BCUT2D eigenvalue weighted by atomic mass is 10.00. The molecule has 5 rings (SSSR count). The minimum absolute atomic E-state index is 0.111. The number of benzene rings is 3. The van der Waals surface area contributed by atoms with Crippen LogP contribution in [0.1, 0.15) is 11.1 Å². The van der Waals surface area contributed by atoms with E-state index in [1.807, 2.05) is 70.1 Å². The van der Waals surface area contributed by atoms with Crippen LogP contribution in [0.2, 0.25) is 0 Å². The first kappa shape index (κ1) is 21.3. The van der Waals surface area contributed by atoms with E-state index in [9.17, 15) is 4.79 Å². The van der Waals surface area contributed by atoms with Gasteiger partial charge in [0, 0.05) is 24.3 Å². The standard InChI is InChI=1S/C26H24N4O2S/c1-32-23-13-7-10-20(16-23)25-27-28-26(30(25)22-11-3-2-4-12-22)33-18-24(31)29-15-14-19-8-5-6-9-21(19)17-29/h2-13,16H,14-15,17-18H2,1H3. The van der Waals surface area contributed by atoms with Crippen molar-refractivity contribution in [3.63, 3.8) is 0 Å². The van der Waals surface area contributed by atoms with Gasteiger partial charge in [-0.15, -0.1) is 10.2 Å². The Balaban J connectivity index is 1.39. The number of nitrogens with zero attached hydrogens (tertiary/aromatic N) is 4. The van der Waals surface area contributed by atoms with E-state index in [4.69, 9.17) is 4.74 Å². The molecular weight excluding hydrogens is 432 g/mol. The Kier molecular flexibility index (Phi) is 6.13. The highest BCUT2D eigenvalue weighted by Gasteiger charge is 2.22. The molecule has 3 aromatic carbocycles. The Labute approximate surface area is 197 Å². The van der Waals surface area contributed by atoms with Gasteiger partial charge in [0.25, 0.3) is 0 Å². The number of aromatic nitrogens is 3. The van der Waals surface area contributed by atoms with Gasteiger partial charge in [0.1, 0.15) is 5.75 Å². The van der Waals surface area contributed by atoms with Crippen LogP contribution < -0.4 is 4.74 Å². The maximum Gasteiger partial charge on any atom is 0.233 e. The first-order valence-electron chi connectivity index (χ1n) is 10.9. The summed E-state index contributed by atoms with van der Waals surface area (Å²) in [6, 6.07) is 26.1. The van der Waals surface area contributed by atoms with E-state index in [-0.39, 0.29) is 5.91 Å². The van der Waals surface area contributed by atoms with Gasteiger partial charge in [-0.05, 0) is 41.8 Å². The molecule has 1 aromatic heterocycles. The van der Waals surface area contributed by atoms with Gasteiger partial charge >= 0.3 is 0 Å². The number of amides is 1. The predicted molar refractivity (Wildman–Crippen MR) is 130 cm³/mol. The molecule has 0 radical (unpaired) electrons. The number of hydrogen-bond acceptors (Lipinski definition) is 5. The third kappa shape index (κ3) is 4.50. The fourth-order valence-corrected chi connectivity index (χ4v) is 4.90. The van der Waals surface area contributed by atoms with Crippen molar-refractivity contribution in [2.45, 2.75) is 18.1 Å². The molecule has 33 heavy (non-hydrogen) atoms. The molecule has 0 saturated heterocycles. The quantitative estimate of drug-likeness (QED) is 0.396. The summed E-state index contributed by atoms with van der Waals surface area (Å²) in [6.07, 6.45) is 0.896. The lowest BCUT2D eigenvalue weighted by Crippen LogP contribution is -2.37. The summed E-state index contributed by atoms with van der Waals surface area (Å²) in [5.41, 5.74) is 4.41. The monoisotopic (exact) mass is 456 g/mol. The van der Waals surface area contributed by atoms with E-state index in [1.54, 1.807) is 7.11 Å². The van der Waals surface area contributed by atoms with Crippen molar-refractivity contribution >= 4 is 17.7 Å². The van der Waals surface area contributed by atoms with Crippen molar-refractivity contribution in [2.75, 3.05) is 19.4 Å². The van der Waals surface area contributed by atoms with Gasteiger partial charge in [0.2, 0.25) is 5.91 Å². The lowest BCUT2D eigenvalue weighted by molar-refractivity contribution is -0.129. The summed E-state index contributed by atoms with van der Waals surface area (Å²) in [5.74, 6) is 1.89. The second kappa shape index (κ2) is 9.50. The van der Waals surface area contributed by atoms with Crippen molar-refractivity contribution in [1.29, 1.82) is 0 Å². The molecule has 1 aliphatic rings. The number of carbonyl (C=O) groups is 1. The third-order valence-electron chi connectivity index (χ3n) is 5.78. The fraction of sp³-hybridized carbons (Fsp3) is 0.192. The number of hydrogen-bond donors (Lipinski definition) is 0. The van der Waals surface area contributed by atoms with E-state index in [2.05, 4.69) is 28.4 Å². The number of fused-ring (bicyclic) bond motifs is 1. The molecule has 0 unspecified atom stereocenters. The van der Waals surface area contributed by atoms with E-state index in [0.717, 1.165) is 30.0 Å². The Morgan fingerprint density at radius 1 is 0.970 bits per heavy atom. The second-order valence-electron chi connectivity index (χ2n) is 7.83. The minimum Gasteiger partial charge on any atom is -0.497 e. The van der Waals surface area contributed by atoms with Crippen molar-refractivity contribution in [3.05, 3.63) is 90.0 Å². The summed E-state index contributed by atoms with van der Waals surface area (Å²) >= 11 is 1.42. The molecule has 1 aliphatic heterocycles. The largest absolute Gasteiger partial charge is 0.497 e. The normalized spacial score (nSPS) is 12.9. The summed E-state index contributed by atoms with van der Waals surface area (Å²) in [6.45, 7) is 1.41. The Morgan fingerprint density at radius 2 is 1.76 bits per heavy atom. The van der Waals surface area contributed by atoms with Gasteiger partial charge in [0.05, 0.1) is 12.9 Å². The molecule has 0 spiro atoms. The third-order valence-corrected chi connectivity index (χ3v) is 6.70. The molecule has 0 aliphatic carbocycles. The van der Waals surface area contributed by atoms with Crippen molar-refractivity contribution < 1.29 is 9.53 Å². The van der Waals surface area contributed by atoms with Crippen LogP contribution in [-0.2, 0) is 17.8 Å². The van der Waals surface area contributed by atoms with Crippen LogP contribution in [0, 0.1) is 0 Å². The van der Waals surface area contributed by atoms with Gasteiger partial charge in [-0.3, -0.25) is 9.36 Å². The van der Waals surface area contributed by atoms with Crippen LogP contribution in [0.4, 0.5) is 0 Å². The molecule has 7 heteroatoms. The number of para-hydroxylation sites is 1. The number of ether oxygens (including phenoxy) is 1. The molecule has 6 nitrogen and oxygen atoms in total. The average molecular weight is 457 g/mol. The minimum atomic E-state index is 0.111. The van der Waals surface area contributed by atoms with Gasteiger partial charge < -0.3 is 9.64 Å². The van der Waals surface area contributed by atoms with Crippen LogP contribution in [-0.4, -0.2) is 45.0 Å². The molecular formula is C26H24N4O2S. The summed E-state index contributed by atoms with van der Waals surface area (Å²) in [4.78, 5) is 15.0. The maximum atomic E-state index is 13.0. The average Bonchev–Trinajstić information content (AvgIpc) is 3.31. The topological polar surface area (TPSA) is 60.3 Å². The first-order chi connectivity index (χ1) is 16.2. The van der Waals surface area contributed by atoms with Crippen molar-refractivity contribution in [3.8, 4) is 22.8 Å². The van der Waals surface area contributed by atoms with E-state index < -0.39 is 0 Å². The second-order valence-corrected chi connectivity index (χ2v) is 8.77. The van der Waals surface area contributed by atoms with Crippen LogP contribution in [0.5, 0.6) is 5.75 Å². The summed E-state index contributed by atoms with van der Waals surface area (Å²) in [7, 11) is 1.65. The first-order valence-corrected chi connectivity index (χ1v) is 11.8. The van der Waals surface area contributed by atoms with Gasteiger partial charge in [-0.25, -0.2) is 0 Å². The van der Waals surface area contributed by atoms with Crippen LogP contribution in [0.25, 0.3) is 17.1 Å². The zero-order chi connectivity index (χ0) is 22.6.